The Bertz CT molecular complexity index is 2110. The fraction of sp³-hybridized carbons (Fsp3) is 0.238. The third kappa shape index (κ3) is 4.75. The smallest absolute Gasteiger partial charge is 0.238 e. The second-order valence-corrected chi connectivity index (χ2v) is 14.6. The molecule has 4 aliphatic rings. The normalized spacial score (nSPS) is 27.2. The molecule has 1 aliphatic heterocycles. The summed E-state index contributed by atoms with van der Waals surface area (Å²) in [5, 5.41) is 11.9. The summed E-state index contributed by atoms with van der Waals surface area (Å²) >= 11 is 2.19. The highest BCUT2D eigenvalue weighted by Crippen LogP contribution is 2.65. The third-order valence-corrected chi connectivity index (χ3v) is 11.8. The van der Waals surface area contributed by atoms with Crippen molar-refractivity contribution in [3.63, 3.8) is 0 Å². The van der Waals surface area contributed by atoms with Crippen molar-refractivity contribution in [3.8, 4) is 11.5 Å². The molecule has 4 aromatic rings. The monoisotopic (exact) mass is 775 g/mol. The number of Topliss-reactive ketones (excluding diaryl/α,β-unsaturated/α-hetero) is 1. The zero-order valence-electron chi connectivity index (χ0n) is 27.3. The molecule has 0 aromatic heterocycles. The summed E-state index contributed by atoms with van der Waals surface area (Å²) in [7, 11) is 0. The maximum atomic E-state index is 15.2. The summed E-state index contributed by atoms with van der Waals surface area (Å²) in [6.07, 6.45) is 3.97. The van der Waals surface area contributed by atoms with Gasteiger partial charge in [-0.05, 0) is 95.8 Å². The molecule has 1 saturated heterocycles. The van der Waals surface area contributed by atoms with Gasteiger partial charge in [-0.2, -0.15) is 0 Å². The van der Waals surface area contributed by atoms with Gasteiger partial charge in [0, 0.05) is 26.5 Å². The highest BCUT2D eigenvalue weighted by atomic mass is 127. The summed E-state index contributed by atoms with van der Waals surface area (Å²) in [5.41, 5.74) is 1.95. The van der Waals surface area contributed by atoms with Gasteiger partial charge >= 0.3 is 0 Å². The molecule has 8 rings (SSSR count). The van der Waals surface area contributed by atoms with E-state index in [-0.39, 0.29) is 41.3 Å². The molecule has 250 valence electrons. The average molecular weight is 776 g/mol. The first-order valence-corrected chi connectivity index (χ1v) is 18.0. The van der Waals surface area contributed by atoms with Crippen molar-refractivity contribution in [2.75, 3.05) is 11.5 Å². The zero-order valence-corrected chi connectivity index (χ0v) is 29.4. The number of benzene rings is 4. The first-order chi connectivity index (χ1) is 24.3. The van der Waals surface area contributed by atoms with Crippen molar-refractivity contribution in [2.24, 2.45) is 23.7 Å². The number of anilines is 1. The number of aromatic hydroxyl groups is 1. The van der Waals surface area contributed by atoms with Crippen LogP contribution in [-0.4, -0.2) is 35.1 Å². The predicted molar refractivity (Wildman–Crippen MR) is 197 cm³/mol. The Balaban J connectivity index is 1.37. The predicted octanol–water partition coefficient (Wildman–Crippen LogP) is 7.42. The van der Waals surface area contributed by atoms with Gasteiger partial charge in [0.1, 0.15) is 0 Å². The van der Waals surface area contributed by atoms with Crippen LogP contribution in [0.2, 0.25) is 0 Å². The minimum absolute atomic E-state index is 0.107. The molecule has 0 bridgehead atoms. The maximum Gasteiger partial charge on any atom is 0.238 e. The second kappa shape index (κ2) is 12.5. The van der Waals surface area contributed by atoms with Gasteiger partial charge in [-0.15, -0.1) is 0 Å². The number of carbonyl (C=O) groups excluding carboxylic acids is 4. The van der Waals surface area contributed by atoms with E-state index in [1.807, 2.05) is 85.8 Å². The first kappa shape index (κ1) is 32.4. The average Bonchev–Trinajstić information content (AvgIpc) is 3.40. The number of phenols is 1. The van der Waals surface area contributed by atoms with E-state index in [2.05, 4.69) is 22.6 Å². The minimum Gasteiger partial charge on any atom is -0.504 e. The van der Waals surface area contributed by atoms with E-state index in [1.165, 1.54) is 11.0 Å². The van der Waals surface area contributed by atoms with Crippen molar-refractivity contribution >= 4 is 57.2 Å². The van der Waals surface area contributed by atoms with Crippen LogP contribution in [0.25, 0.3) is 5.57 Å². The van der Waals surface area contributed by atoms with Gasteiger partial charge in [-0.1, -0.05) is 84.4 Å². The fourth-order valence-electron chi connectivity index (χ4n) is 9.11. The second-order valence-electron chi connectivity index (χ2n) is 13.4. The Morgan fingerprint density at radius 1 is 0.840 bits per heavy atom. The molecular weight excluding hydrogens is 741 g/mol. The largest absolute Gasteiger partial charge is 0.504 e. The highest BCUT2D eigenvalue weighted by Gasteiger charge is 2.66. The minimum atomic E-state index is -1.43. The van der Waals surface area contributed by atoms with Crippen LogP contribution in [-0.2, 0) is 24.6 Å². The Kier molecular flexibility index (Phi) is 8.09. The number of allylic oxidation sites excluding steroid dienone is 4. The number of fused-ring (bicyclic) bond motifs is 4. The van der Waals surface area contributed by atoms with Crippen LogP contribution in [0.3, 0.4) is 0 Å². The fourth-order valence-corrected chi connectivity index (χ4v) is 9.47. The quantitative estimate of drug-likeness (QED) is 0.124. The maximum absolute atomic E-state index is 15.2. The summed E-state index contributed by atoms with van der Waals surface area (Å²) < 4.78 is 6.82. The Labute approximate surface area is 303 Å². The van der Waals surface area contributed by atoms with E-state index in [0.717, 1.165) is 9.14 Å². The van der Waals surface area contributed by atoms with Gasteiger partial charge in [-0.25, -0.2) is 0 Å². The molecule has 2 fully saturated rings. The van der Waals surface area contributed by atoms with Crippen LogP contribution in [0.4, 0.5) is 5.69 Å². The van der Waals surface area contributed by atoms with Gasteiger partial charge < -0.3 is 9.84 Å². The molecule has 0 spiro atoms. The van der Waals surface area contributed by atoms with Gasteiger partial charge in [-0.3, -0.25) is 24.1 Å². The Hall–Kier alpha value is -4.83. The molecule has 2 amide bonds. The Morgan fingerprint density at radius 2 is 1.54 bits per heavy atom. The third-order valence-electron chi connectivity index (χ3n) is 11.1. The molecule has 6 atom stereocenters. The molecule has 0 unspecified atom stereocenters. The number of para-hydroxylation sites is 1. The van der Waals surface area contributed by atoms with Crippen molar-refractivity contribution in [3.05, 3.63) is 141 Å². The van der Waals surface area contributed by atoms with Crippen LogP contribution in [0, 0.1) is 27.2 Å². The number of halogens is 1. The van der Waals surface area contributed by atoms with Crippen LogP contribution >= 0.6 is 22.6 Å². The number of amides is 2. The first-order valence-electron chi connectivity index (χ1n) is 17.0. The van der Waals surface area contributed by atoms with Gasteiger partial charge in [0.15, 0.2) is 23.1 Å². The van der Waals surface area contributed by atoms with E-state index >= 15 is 9.59 Å². The number of phenolic OH excluding ortho intramolecular Hbond substituents is 1. The molecule has 1 saturated carbocycles. The number of rotatable bonds is 6. The molecule has 8 heteroatoms. The van der Waals surface area contributed by atoms with Crippen LogP contribution in [0.1, 0.15) is 42.4 Å². The van der Waals surface area contributed by atoms with E-state index in [1.54, 1.807) is 30.3 Å². The Morgan fingerprint density at radius 3 is 2.24 bits per heavy atom. The number of imide groups is 1. The van der Waals surface area contributed by atoms with Crippen LogP contribution in [0.5, 0.6) is 11.5 Å². The van der Waals surface area contributed by atoms with Crippen molar-refractivity contribution in [1.29, 1.82) is 0 Å². The number of ether oxygens (including phenoxy) is 1. The van der Waals surface area contributed by atoms with E-state index in [4.69, 9.17) is 4.74 Å². The lowest BCUT2D eigenvalue weighted by molar-refractivity contribution is -0.135. The summed E-state index contributed by atoms with van der Waals surface area (Å²) in [6.45, 7) is 2.14. The summed E-state index contributed by atoms with van der Waals surface area (Å²) in [5.74, 6) is -4.43. The summed E-state index contributed by atoms with van der Waals surface area (Å²) in [6, 6.07) is 31.1. The molecule has 50 heavy (non-hydrogen) atoms. The standard InChI is InChI=1S/C42H34INO6/c1-2-50-34-15-9-14-30(39(34)47)37-28-20-21-29-36(41(49)44(40(29)48)27-18-16-26(43)17-19-27)32(28)22-33-38(46)31(24-10-5-3-6-11-24)23-35(45)42(33,37)25-12-7-4-8-13-25/h3-20,23,29,32-33,36-37,47H,2,21-22H2,1H3/t29-,32+,33-,36-,37+,42-/m0/s1. The van der Waals surface area contributed by atoms with Gasteiger partial charge in [0.05, 0.1) is 29.5 Å². The van der Waals surface area contributed by atoms with Gasteiger partial charge in [0.25, 0.3) is 0 Å². The zero-order chi connectivity index (χ0) is 34.7. The summed E-state index contributed by atoms with van der Waals surface area (Å²) in [4.78, 5) is 60.1. The molecule has 1 N–H and O–H groups in total. The number of hydrogen-bond donors (Lipinski definition) is 1. The van der Waals surface area contributed by atoms with E-state index < -0.39 is 35.0 Å². The topological polar surface area (TPSA) is 101 Å². The lowest BCUT2D eigenvalue weighted by atomic mass is 9.44. The van der Waals surface area contributed by atoms with Crippen molar-refractivity contribution in [1.82, 2.24) is 0 Å². The van der Waals surface area contributed by atoms with E-state index in [9.17, 15) is 14.7 Å². The molecule has 0 radical (unpaired) electrons. The van der Waals surface area contributed by atoms with Gasteiger partial charge in [0.2, 0.25) is 11.8 Å². The molecular formula is C42H34INO6. The number of ketones is 2. The molecule has 7 nitrogen and oxygen atoms in total. The number of hydrogen-bond acceptors (Lipinski definition) is 6. The molecule has 1 heterocycles. The molecule has 3 aliphatic carbocycles. The number of nitrogens with zero attached hydrogens (tertiary/aromatic N) is 1. The molecule has 4 aromatic carbocycles. The van der Waals surface area contributed by atoms with Crippen molar-refractivity contribution in [2.45, 2.75) is 31.1 Å². The lowest BCUT2D eigenvalue weighted by Crippen LogP contribution is -2.58. The van der Waals surface area contributed by atoms with Crippen LogP contribution < -0.4 is 9.64 Å². The highest BCUT2D eigenvalue weighted by molar-refractivity contribution is 14.1. The lowest BCUT2D eigenvalue weighted by Gasteiger charge is -2.55. The SMILES string of the molecule is CCOc1cccc([C@H]2C3=CC[C@@H]4C(=O)N(c5ccc(I)cc5)C(=O)[C@@H]4[C@@H]3C[C@H]3C(=O)C(c4ccccc4)=CC(=O)[C@@]23c2ccccc2)c1O. The van der Waals surface area contributed by atoms with E-state index in [0.29, 0.717) is 41.0 Å². The van der Waals surface area contributed by atoms with Crippen LogP contribution in [0.15, 0.2) is 121 Å². The number of carbonyl (C=O) groups is 4. The van der Waals surface area contributed by atoms with Crippen molar-refractivity contribution < 1.29 is 29.0 Å².